The molecule has 0 radical (unpaired) electrons. The first-order valence-electron chi connectivity index (χ1n) is 6.15. The van der Waals surface area contributed by atoms with E-state index in [0.29, 0.717) is 36.8 Å². The lowest BCUT2D eigenvalue weighted by Crippen LogP contribution is -2.26. The lowest BCUT2D eigenvalue weighted by molar-refractivity contribution is -0.133. The highest BCUT2D eigenvalue weighted by molar-refractivity contribution is 5.86. The molecule has 4 heteroatoms. The van der Waals surface area contributed by atoms with E-state index in [9.17, 15) is 9.59 Å². The Morgan fingerprint density at radius 2 is 2.24 bits per heavy atom. The van der Waals surface area contributed by atoms with Gasteiger partial charge in [-0.15, -0.1) is 0 Å². The highest BCUT2D eigenvalue weighted by atomic mass is 16.4. The van der Waals surface area contributed by atoms with Crippen LogP contribution in [0.15, 0.2) is 11.6 Å². The number of nitrogens with zero attached hydrogens (tertiary/aromatic N) is 1. The van der Waals surface area contributed by atoms with Gasteiger partial charge in [-0.3, -0.25) is 4.79 Å². The molecule has 1 heterocycles. The van der Waals surface area contributed by atoms with Gasteiger partial charge < -0.3 is 10.0 Å². The Hall–Kier alpha value is -1.32. The van der Waals surface area contributed by atoms with Gasteiger partial charge in [0.2, 0.25) is 5.91 Å². The molecule has 96 valence electrons. The summed E-state index contributed by atoms with van der Waals surface area (Å²) in [4.78, 5) is 24.3. The molecular weight excluding hydrogens is 218 g/mol. The zero-order chi connectivity index (χ0) is 13.0. The molecular formula is C13H21NO3. The number of hydrogen-bond acceptors (Lipinski definition) is 2. The van der Waals surface area contributed by atoms with Gasteiger partial charge in [0, 0.05) is 25.1 Å². The lowest BCUT2D eigenvalue weighted by atomic mass is 9.95. The van der Waals surface area contributed by atoms with Crippen molar-refractivity contribution in [3.8, 4) is 0 Å². The van der Waals surface area contributed by atoms with Gasteiger partial charge in [0.25, 0.3) is 0 Å². The van der Waals surface area contributed by atoms with Crippen LogP contribution in [0.5, 0.6) is 0 Å². The molecule has 17 heavy (non-hydrogen) atoms. The summed E-state index contributed by atoms with van der Waals surface area (Å²) in [7, 11) is 0. The molecule has 1 rings (SSSR count). The van der Waals surface area contributed by atoms with E-state index in [1.54, 1.807) is 11.0 Å². The van der Waals surface area contributed by atoms with E-state index in [0.717, 1.165) is 6.54 Å². The number of carbonyl (C=O) groups is 2. The predicted molar refractivity (Wildman–Crippen MR) is 65.5 cm³/mol. The van der Waals surface area contributed by atoms with Gasteiger partial charge in [0.1, 0.15) is 0 Å². The summed E-state index contributed by atoms with van der Waals surface area (Å²) >= 11 is 0. The van der Waals surface area contributed by atoms with Crippen molar-refractivity contribution >= 4 is 11.9 Å². The van der Waals surface area contributed by atoms with Crippen molar-refractivity contribution in [3.05, 3.63) is 11.6 Å². The zero-order valence-corrected chi connectivity index (χ0v) is 10.8. The van der Waals surface area contributed by atoms with E-state index in [1.165, 1.54) is 0 Å². The van der Waals surface area contributed by atoms with E-state index in [4.69, 9.17) is 5.11 Å². The molecule has 1 amide bonds. The fourth-order valence-electron chi connectivity index (χ4n) is 2.03. The summed E-state index contributed by atoms with van der Waals surface area (Å²) < 4.78 is 0. The standard InChI is InChI=1S/C13H21NO3/c1-4-10(13(16)17)5-6-14-8-11(9(2)3)7-12(14)15/h5,9,11H,4,6-8H2,1-3H3,(H,16,17). The number of carbonyl (C=O) groups excluding carboxylic acids is 1. The van der Waals surface area contributed by atoms with Crippen molar-refractivity contribution in [3.63, 3.8) is 0 Å². The Labute approximate surface area is 102 Å². The number of likely N-dealkylation sites (tertiary alicyclic amines) is 1. The molecule has 1 unspecified atom stereocenters. The predicted octanol–water partition coefficient (Wildman–Crippen LogP) is 1.91. The molecule has 1 saturated heterocycles. The Balaban J connectivity index is 2.59. The first kappa shape index (κ1) is 13.7. The van der Waals surface area contributed by atoms with Crippen LogP contribution < -0.4 is 0 Å². The van der Waals surface area contributed by atoms with Gasteiger partial charge >= 0.3 is 5.97 Å². The average Bonchev–Trinajstić information content (AvgIpc) is 2.61. The molecule has 1 fully saturated rings. The van der Waals surface area contributed by atoms with Crippen LogP contribution in [0.1, 0.15) is 33.6 Å². The average molecular weight is 239 g/mol. The third kappa shape index (κ3) is 3.58. The Bertz CT molecular complexity index is 334. The van der Waals surface area contributed by atoms with Crippen molar-refractivity contribution < 1.29 is 14.7 Å². The number of aliphatic carboxylic acids is 1. The van der Waals surface area contributed by atoms with Gasteiger partial charge in [-0.2, -0.15) is 0 Å². The normalized spacial score (nSPS) is 21.4. The van der Waals surface area contributed by atoms with Gasteiger partial charge in [0.05, 0.1) is 0 Å². The minimum Gasteiger partial charge on any atom is -0.478 e. The molecule has 0 aromatic rings. The smallest absolute Gasteiger partial charge is 0.331 e. The molecule has 0 aromatic heterocycles. The van der Waals surface area contributed by atoms with Crippen molar-refractivity contribution in [2.24, 2.45) is 11.8 Å². The molecule has 1 atom stereocenters. The third-order valence-electron chi connectivity index (χ3n) is 3.40. The summed E-state index contributed by atoms with van der Waals surface area (Å²) in [5.41, 5.74) is 0.380. The molecule has 1 aliphatic rings. The molecule has 0 spiro atoms. The van der Waals surface area contributed by atoms with Crippen LogP contribution in [0.2, 0.25) is 0 Å². The molecule has 0 bridgehead atoms. The Morgan fingerprint density at radius 1 is 1.59 bits per heavy atom. The van der Waals surface area contributed by atoms with Crippen LogP contribution in [0.4, 0.5) is 0 Å². The van der Waals surface area contributed by atoms with Gasteiger partial charge in [-0.1, -0.05) is 26.8 Å². The van der Waals surface area contributed by atoms with Crippen LogP contribution in [-0.4, -0.2) is 35.0 Å². The number of hydrogen-bond donors (Lipinski definition) is 1. The highest BCUT2D eigenvalue weighted by Gasteiger charge is 2.30. The molecule has 1 N–H and O–H groups in total. The minimum absolute atomic E-state index is 0.140. The minimum atomic E-state index is -0.889. The summed E-state index contributed by atoms with van der Waals surface area (Å²) in [5.74, 6) is 0.157. The van der Waals surface area contributed by atoms with Crippen molar-refractivity contribution in [2.75, 3.05) is 13.1 Å². The highest BCUT2D eigenvalue weighted by Crippen LogP contribution is 2.24. The second-order valence-electron chi connectivity index (χ2n) is 4.90. The van der Waals surface area contributed by atoms with Crippen molar-refractivity contribution in [1.29, 1.82) is 0 Å². The fraction of sp³-hybridized carbons (Fsp3) is 0.692. The van der Waals surface area contributed by atoms with E-state index in [1.807, 2.05) is 6.92 Å². The van der Waals surface area contributed by atoms with Crippen LogP contribution in [-0.2, 0) is 9.59 Å². The van der Waals surface area contributed by atoms with Crippen LogP contribution in [0.3, 0.4) is 0 Å². The summed E-state index contributed by atoms with van der Waals surface area (Å²) in [6, 6.07) is 0. The second kappa shape index (κ2) is 5.84. The molecule has 1 aliphatic heterocycles. The summed E-state index contributed by atoms with van der Waals surface area (Å²) in [6.45, 7) is 7.22. The first-order valence-corrected chi connectivity index (χ1v) is 6.15. The molecule has 0 aliphatic carbocycles. The van der Waals surface area contributed by atoms with Gasteiger partial charge in [-0.05, 0) is 18.3 Å². The number of carboxylic acids is 1. The third-order valence-corrected chi connectivity index (χ3v) is 3.40. The van der Waals surface area contributed by atoms with Crippen LogP contribution >= 0.6 is 0 Å². The number of amides is 1. The Morgan fingerprint density at radius 3 is 2.65 bits per heavy atom. The largest absolute Gasteiger partial charge is 0.478 e. The maximum atomic E-state index is 11.7. The quantitative estimate of drug-likeness (QED) is 0.746. The van der Waals surface area contributed by atoms with E-state index in [2.05, 4.69) is 13.8 Å². The SMILES string of the molecule is CCC(=CCN1CC(C(C)C)CC1=O)C(=O)O. The zero-order valence-electron chi connectivity index (χ0n) is 10.8. The molecule has 0 saturated carbocycles. The fourth-order valence-corrected chi connectivity index (χ4v) is 2.03. The maximum absolute atomic E-state index is 11.7. The lowest BCUT2D eigenvalue weighted by Gasteiger charge is -2.16. The first-order chi connectivity index (χ1) is 7.95. The maximum Gasteiger partial charge on any atom is 0.331 e. The summed E-state index contributed by atoms with van der Waals surface area (Å²) in [6.07, 6.45) is 2.74. The van der Waals surface area contributed by atoms with E-state index in [-0.39, 0.29) is 5.91 Å². The van der Waals surface area contributed by atoms with E-state index >= 15 is 0 Å². The van der Waals surface area contributed by atoms with Crippen molar-refractivity contribution in [1.82, 2.24) is 4.90 Å². The van der Waals surface area contributed by atoms with Gasteiger partial charge in [-0.25, -0.2) is 4.79 Å². The van der Waals surface area contributed by atoms with Crippen LogP contribution in [0.25, 0.3) is 0 Å². The second-order valence-corrected chi connectivity index (χ2v) is 4.90. The van der Waals surface area contributed by atoms with Gasteiger partial charge in [0.15, 0.2) is 0 Å². The topological polar surface area (TPSA) is 57.6 Å². The summed E-state index contributed by atoms with van der Waals surface area (Å²) in [5, 5.41) is 8.88. The molecule has 0 aromatic carbocycles. The monoisotopic (exact) mass is 239 g/mol. The Kier molecular flexibility index (Phi) is 4.73. The molecule has 4 nitrogen and oxygen atoms in total. The number of rotatable bonds is 5. The van der Waals surface area contributed by atoms with E-state index < -0.39 is 5.97 Å². The number of carboxylic acid groups (broad SMARTS) is 1. The van der Waals surface area contributed by atoms with Crippen LogP contribution in [0, 0.1) is 11.8 Å². The van der Waals surface area contributed by atoms with Crippen molar-refractivity contribution in [2.45, 2.75) is 33.6 Å².